The molecule has 0 aliphatic carbocycles. The lowest BCUT2D eigenvalue weighted by molar-refractivity contribution is 0.570. The lowest BCUT2D eigenvalue weighted by Crippen LogP contribution is -2.15. The average Bonchev–Trinajstić information content (AvgIpc) is 3.09. The van der Waals surface area contributed by atoms with E-state index in [1.165, 1.54) is 22.2 Å². The molecule has 0 unspecified atom stereocenters. The van der Waals surface area contributed by atoms with Gasteiger partial charge in [0, 0.05) is 16.9 Å². The normalized spacial score (nSPS) is 11.4. The van der Waals surface area contributed by atoms with Gasteiger partial charge < -0.3 is 5.32 Å². The van der Waals surface area contributed by atoms with Crippen LogP contribution < -0.4 is 10.0 Å². The summed E-state index contributed by atoms with van der Waals surface area (Å²) in [5.41, 5.74) is 3.54. The summed E-state index contributed by atoms with van der Waals surface area (Å²) in [4.78, 5) is 3.27. The van der Waals surface area contributed by atoms with E-state index >= 15 is 0 Å². The Balaban J connectivity index is 1.85. The third-order valence-corrected chi connectivity index (χ3v) is 6.41. The maximum atomic E-state index is 14.5. The zero-order valence-electron chi connectivity index (χ0n) is 14.0. The summed E-state index contributed by atoms with van der Waals surface area (Å²) in [7, 11) is -4.15. The van der Waals surface area contributed by atoms with Crippen molar-refractivity contribution in [3.8, 4) is 0 Å². The van der Waals surface area contributed by atoms with Crippen LogP contribution in [0.2, 0.25) is 10.0 Å². The van der Waals surface area contributed by atoms with Crippen LogP contribution in [0.5, 0.6) is 0 Å². The lowest BCUT2D eigenvalue weighted by atomic mass is 10.1. The molecule has 0 saturated heterocycles. The Bertz CT molecular complexity index is 1050. The van der Waals surface area contributed by atoms with Crippen molar-refractivity contribution in [2.45, 2.75) is 18.4 Å². The molecule has 0 fully saturated rings. The number of aromatic nitrogens is 1. The van der Waals surface area contributed by atoms with Gasteiger partial charge in [-0.05, 0) is 36.2 Å². The van der Waals surface area contributed by atoms with Gasteiger partial charge in [0.2, 0.25) is 0 Å². The monoisotopic (exact) mass is 445 g/mol. The number of benzene rings is 2. The molecular formula is C17H14Cl2FN3O2S2. The Labute approximate surface area is 170 Å². The van der Waals surface area contributed by atoms with E-state index in [4.69, 9.17) is 23.2 Å². The van der Waals surface area contributed by atoms with Crippen molar-refractivity contribution < 1.29 is 12.8 Å². The molecule has 27 heavy (non-hydrogen) atoms. The number of thiazole rings is 1. The van der Waals surface area contributed by atoms with E-state index in [0.29, 0.717) is 11.6 Å². The highest BCUT2D eigenvalue weighted by Crippen LogP contribution is 2.30. The van der Waals surface area contributed by atoms with Crippen molar-refractivity contribution >= 4 is 56.1 Å². The maximum absolute atomic E-state index is 14.5. The van der Waals surface area contributed by atoms with Crippen LogP contribution in [0.1, 0.15) is 11.1 Å². The zero-order valence-corrected chi connectivity index (χ0v) is 17.1. The number of hydrogen-bond donors (Lipinski definition) is 2. The molecule has 0 radical (unpaired) electrons. The van der Waals surface area contributed by atoms with Crippen molar-refractivity contribution in [1.29, 1.82) is 0 Å². The summed E-state index contributed by atoms with van der Waals surface area (Å²) in [6, 6.07) is 7.61. The molecular weight excluding hydrogens is 432 g/mol. The van der Waals surface area contributed by atoms with Gasteiger partial charge in [0.1, 0.15) is 10.7 Å². The minimum atomic E-state index is -4.15. The van der Waals surface area contributed by atoms with E-state index in [-0.39, 0.29) is 16.5 Å². The molecule has 10 heteroatoms. The third kappa shape index (κ3) is 4.52. The largest absolute Gasteiger partial charge is 0.380 e. The van der Waals surface area contributed by atoms with E-state index in [9.17, 15) is 12.8 Å². The van der Waals surface area contributed by atoms with Gasteiger partial charge in [-0.25, -0.2) is 17.8 Å². The van der Waals surface area contributed by atoms with Crippen LogP contribution in [0.25, 0.3) is 0 Å². The van der Waals surface area contributed by atoms with E-state index < -0.39 is 20.7 Å². The highest BCUT2D eigenvalue weighted by molar-refractivity contribution is 7.92. The van der Waals surface area contributed by atoms with Gasteiger partial charge >= 0.3 is 0 Å². The van der Waals surface area contributed by atoms with Crippen LogP contribution in [0.4, 0.5) is 15.9 Å². The molecule has 2 N–H and O–H groups in total. The number of nitrogens with one attached hydrogen (secondary N) is 2. The lowest BCUT2D eigenvalue weighted by Gasteiger charge is -2.14. The van der Waals surface area contributed by atoms with Crippen molar-refractivity contribution in [2.24, 2.45) is 0 Å². The molecule has 2 aromatic carbocycles. The molecule has 5 nitrogen and oxygen atoms in total. The molecule has 0 bridgehead atoms. The highest BCUT2D eigenvalue weighted by Gasteiger charge is 2.22. The summed E-state index contributed by atoms with van der Waals surface area (Å²) in [5.74, 6) is -0.813. The molecule has 1 heterocycles. The molecule has 0 spiro atoms. The Morgan fingerprint density at radius 2 is 2.00 bits per heavy atom. The summed E-state index contributed by atoms with van der Waals surface area (Å²) in [6.45, 7) is 2.22. The second-order valence-electron chi connectivity index (χ2n) is 5.63. The number of nitrogens with zero attached hydrogens (tertiary/aromatic N) is 1. The number of aryl methyl sites for hydroxylation is 1. The molecule has 1 aromatic heterocycles. The highest BCUT2D eigenvalue weighted by atomic mass is 35.5. The second kappa shape index (κ2) is 8.02. The zero-order chi connectivity index (χ0) is 19.6. The standard InChI is InChI=1S/C17H14Cl2FN3O2S2/c1-10-3-2-4-12(18)11(10)7-21-15-6-14(20)16(5-13(15)19)27(24,25)23-17-8-26-9-22-17/h2-6,8-9,21,23H,7H2,1H3. The Morgan fingerprint density at radius 1 is 1.22 bits per heavy atom. The third-order valence-electron chi connectivity index (χ3n) is 3.79. The minimum Gasteiger partial charge on any atom is -0.380 e. The molecule has 142 valence electrons. The number of sulfonamides is 1. The second-order valence-corrected chi connectivity index (χ2v) is 8.81. The van der Waals surface area contributed by atoms with Gasteiger partial charge in [0.15, 0.2) is 5.82 Å². The predicted octanol–water partition coefficient (Wildman–Crippen LogP) is 5.31. The molecule has 0 saturated carbocycles. The molecule has 3 rings (SSSR count). The Hall–Kier alpha value is -1.87. The smallest absolute Gasteiger partial charge is 0.266 e. The van der Waals surface area contributed by atoms with Crippen molar-refractivity contribution in [3.05, 3.63) is 68.2 Å². The van der Waals surface area contributed by atoms with Crippen molar-refractivity contribution in [1.82, 2.24) is 4.98 Å². The SMILES string of the molecule is Cc1cccc(Cl)c1CNc1cc(F)c(S(=O)(=O)Nc2cscn2)cc1Cl. The van der Waals surface area contributed by atoms with Crippen LogP contribution in [-0.2, 0) is 16.6 Å². The number of anilines is 2. The summed E-state index contributed by atoms with van der Waals surface area (Å²) in [5, 5.41) is 5.14. The van der Waals surface area contributed by atoms with Gasteiger partial charge in [0.25, 0.3) is 10.0 Å². The van der Waals surface area contributed by atoms with Gasteiger partial charge in [-0.2, -0.15) is 0 Å². The van der Waals surface area contributed by atoms with E-state index in [0.717, 1.165) is 23.3 Å². The minimum absolute atomic E-state index is 0.0692. The number of hydrogen-bond acceptors (Lipinski definition) is 5. The molecule has 3 aromatic rings. The van der Waals surface area contributed by atoms with Crippen LogP contribution in [0.3, 0.4) is 0 Å². The van der Waals surface area contributed by atoms with Gasteiger partial charge in [-0.15, -0.1) is 11.3 Å². The van der Waals surface area contributed by atoms with Crippen molar-refractivity contribution in [2.75, 3.05) is 10.0 Å². The number of rotatable bonds is 6. The first-order valence-corrected chi connectivity index (χ1v) is 10.8. The first-order chi connectivity index (χ1) is 12.8. The number of halogens is 3. The van der Waals surface area contributed by atoms with E-state index in [1.807, 2.05) is 19.1 Å². The average molecular weight is 446 g/mol. The molecule has 0 atom stereocenters. The van der Waals surface area contributed by atoms with E-state index in [2.05, 4.69) is 15.0 Å². The predicted molar refractivity (Wildman–Crippen MR) is 108 cm³/mol. The summed E-state index contributed by atoms with van der Waals surface area (Å²) < 4.78 is 41.4. The van der Waals surface area contributed by atoms with E-state index in [1.54, 1.807) is 6.07 Å². The Kier molecular flexibility index (Phi) is 5.90. The summed E-state index contributed by atoms with van der Waals surface area (Å²) in [6.07, 6.45) is 0. The summed E-state index contributed by atoms with van der Waals surface area (Å²) >= 11 is 13.6. The maximum Gasteiger partial charge on any atom is 0.266 e. The molecule has 0 aliphatic rings. The molecule has 0 aliphatic heterocycles. The quantitative estimate of drug-likeness (QED) is 0.539. The fraction of sp³-hybridized carbons (Fsp3) is 0.118. The van der Waals surface area contributed by atoms with Gasteiger partial charge in [-0.3, -0.25) is 4.72 Å². The van der Waals surface area contributed by atoms with Gasteiger partial charge in [-0.1, -0.05) is 35.3 Å². The fourth-order valence-electron chi connectivity index (χ4n) is 2.40. The Morgan fingerprint density at radius 3 is 2.67 bits per heavy atom. The first kappa shape index (κ1) is 19.9. The van der Waals surface area contributed by atoms with Crippen LogP contribution in [-0.4, -0.2) is 13.4 Å². The van der Waals surface area contributed by atoms with Gasteiger partial charge in [0.05, 0.1) is 16.2 Å². The molecule has 0 amide bonds. The van der Waals surface area contributed by atoms with Crippen LogP contribution in [0, 0.1) is 12.7 Å². The fourth-order valence-corrected chi connectivity index (χ4v) is 4.63. The first-order valence-electron chi connectivity index (χ1n) is 7.66. The van der Waals surface area contributed by atoms with Crippen LogP contribution in [0.15, 0.2) is 46.1 Å². The van der Waals surface area contributed by atoms with Crippen molar-refractivity contribution in [3.63, 3.8) is 0 Å². The topological polar surface area (TPSA) is 71.1 Å². The van der Waals surface area contributed by atoms with Crippen LogP contribution >= 0.6 is 34.5 Å².